The third-order valence-corrected chi connectivity index (χ3v) is 7.43. The number of rotatable bonds is 13. The number of carbonyl (C=O) groups is 1. The first-order valence-electron chi connectivity index (χ1n) is 14.9. The molecule has 1 unspecified atom stereocenters. The van der Waals surface area contributed by atoms with Crippen LogP contribution in [0.1, 0.15) is 86.1 Å². The molecule has 0 aliphatic carbocycles. The maximum Gasteiger partial charge on any atom is 0.344 e. The predicted octanol–water partition coefficient (Wildman–Crippen LogP) is 9.24. The molecule has 1 atom stereocenters. The van der Waals surface area contributed by atoms with Crippen molar-refractivity contribution in [1.82, 2.24) is 0 Å². The van der Waals surface area contributed by atoms with Crippen LogP contribution in [0.4, 0.5) is 8.78 Å². The highest BCUT2D eigenvalue weighted by molar-refractivity contribution is 5.83. The van der Waals surface area contributed by atoms with E-state index in [4.69, 9.17) is 13.9 Å². The topological polar surface area (TPSA) is 65.7 Å². The molecule has 0 aliphatic heterocycles. The lowest BCUT2D eigenvalue weighted by Gasteiger charge is -2.33. The summed E-state index contributed by atoms with van der Waals surface area (Å²) in [7, 11) is 0. The molecule has 230 valence electrons. The summed E-state index contributed by atoms with van der Waals surface area (Å²) < 4.78 is 45.7. The smallest absolute Gasteiger partial charge is 0.344 e. The molecule has 0 radical (unpaired) electrons. The van der Waals surface area contributed by atoms with Gasteiger partial charge >= 0.3 is 11.6 Å². The van der Waals surface area contributed by atoms with Gasteiger partial charge in [-0.15, -0.1) is 0 Å². The molecule has 0 saturated heterocycles. The number of hydrogen-bond acceptors (Lipinski definition) is 5. The number of alkyl halides is 2. The summed E-state index contributed by atoms with van der Waals surface area (Å²) in [4.78, 5) is 25.4. The highest BCUT2D eigenvalue weighted by atomic mass is 19.3. The van der Waals surface area contributed by atoms with Gasteiger partial charge in [0.15, 0.2) is 0 Å². The Kier molecular flexibility index (Phi) is 11.0. The Bertz CT molecular complexity index is 1390. The Morgan fingerprint density at radius 2 is 1.57 bits per heavy atom. The van der Waals surface area contributed by atoms with Crippen molar-refractivity contribution >= 4 is 16.9 Å². The molecule has 0 N–H and O–H groups in total. The Hall–Kier alpha value is -3.22. The molecule has 5 nitrogen and oxygen atoms in total. The van der Waals surface area contributed by atoms with Crippen molar-refractivity contribution in [3.05, 3.63) is 64.5 Å². The highest BCUT2D eigenvalue weighted by Gasteiger charge is 2.36. The second kappa shape index (κ2) is 13.8. The lowest BCUT2D eigenvalue weighted by Crippen LogP contribution is -2.34. The van der Waals surface area contributed by atoms with Gasteiger partial charge in [-0.1, -0.05) is 72.7 Å². The molecule has 0 bridgehead atoms. The van der Waals surface area contributed by atoms with Gasteiger partial charge in [-0.25, -0.2) is 13.6 Å². The van der Waals surface area contributed by atoms with Crippen LogP contribution < -0.4 is 10.4 Å². The van der Waals surface area contributed by atoms with Crippen LogP contribution in [0, 0.1) is 16.7 Å². The van der Waals surface area contributed by atoms with Crippen LogP contribution in [-0.2, 0) is 16.0 Å². The number of hydrogen-bond donors (Lipinski definition) is 0. The van der Waals surface area contributed by atoms with Crippen molar-refractivity contribution in [1.29, 1.82) is 0 Å². The standard InChI is InChI=1S/C35H46F2O5/c1-8-24-13-9-10-14-27(24)28-21-25-15-16-26(22-30(25)42-31(28)38)40-19-11-17-35(36,37)18-12-20-41-32(39)29(34(5,6)7)23-33(2,3)4/h9-10,13-16,21-22,29H,8,11-12,17-20,23H2,1-7H3. The molecule has 3 rings (SSSR count). The van der Waals surface area contributed by atoms with Crippen LogP contribution >= 0.6 is 0 Å². The molecular formula is C35H46F2O5. The number of ether oxygens (including phenoxy) is 2. The number of benzene rings is 2. The number of carbonyl (C=O) groups excluding carboxylic acids is 1. The van der Waals surface area contributed by atoms with Crippen molar-refractivity contribution < 1.29 is 27.5 Å². The van der Waals surface area contributed by atoms with Crippen LogP contribution in [-0.4, -0.2) is 25.1 Å². The van der Waals surface area contributed by atoms with E-state index in [2.05, 4.69) is 20.8 Å². The van der Waals surface area contributed by atoms with Crippen molar-refractivity contribution in [2.45, 2.75) is 92.9 Å². The molecular weight excluding hydrogens is 538 g/mol. The first-order valence-corrected chi connectivity index (χ1v) is 14.9. The third-order valence-electron chi connectivity index (χ3n) is 7.43. The van der Waals surface area contributed by atoms with Gasteiger partial charge in [-0.2, -0.15) is 0 Å². The largest absolute Gasteiger partial charge is 0.493 e. The molecule has 1 heterocycles. The zero-order valence-corrected chi connectivity index (χ0v) is 26.2. The molecule has 0 fully saturated rings. The fourth-order valence-electron chi connectivity index (χ4n) is 5.07. The summed E-state index contributed by atoms with van der Waals surface area (Å²) in [5.74, 6) is -3.04. The summed E-state index contributed by atoms with van der Waals surface area (Å²) in [6.45, 7) is 14.3. The molecule has 0 spiro atoms. The normalized spacial score (nSPS) is 13.3. The molecule has 7 heteroatoms. The van der Waals surface area contributed by atoms with E-state index in [9.17, 15) is 18.4 Å². The zero-order chi connectivity index (χ0) is 31.1. The Morgan fingerprint density at radius 3 is 2.21 bits per heavy atom. The fraction of sp³-hybridized carbons (Fsp3) is 0.543. The van der Waals surface area contributed by atoms with Crippen molar-refractivity contribution in [3.63, 3.8) is 0 Å². The third kappa shape index (κ3) is 9.67. The van der Waals surface area contributed by atoms with E-state index >= 15 is 0 Å². The molecule has 1 aromatic heterocycles. The maximum atomic E-state index is 14.5. The van der Waals surface area contributed by atoms with Crippen molar-refractivity contribution in [2.24, 2.45) is 16.7 Å². The summed E-state index contributed by atoms with van der Waals surface area (Å²) in [5.41, 5.74) is 2.05. The van der Waals surface area contributed by atoms with Crippen LogP contribution in [0.15, 0.2) is 57.7 Å². The van der Waals surface area contributed by atoms with Crippen molar-refractivity contribution in [3.8, 4) is 16.9 Å². The monoisotopic (exact) mass is 584 g/mol. The second-order valence-electron chi connectivity index (χ2n) is 13.4. The van der Waals surface area contributed by atoms with E-state index < -0.39 is 11.5 Å². The zero-order valence-electron chi connectivity index (χ0n) is 26.2. The number of esters is 1. The predicted molar refractivity (Wildman–Crippen MR) is 164 cm³/mol. The van der Waals surface area contributed by atoms with E-state index in [1.165, 1.54) is 0 Å². The lowest BCUT2D eigenvalue weighted by atomic mass is 9.72. The van der Waals surface area contributed by atoms with Crippen LogP contribution in [0.25, 0.3) is 22.1 Å². The summed E-state index contributed by atoms with van der Waals surface area (Å²) in [6, 6.07) is 14.7. The second-order valence-corrected chi connectivity index (χ2v) is 13.4. The van der Waals surface area contributed by atoms with E-state index in [0.717, 1.165) is 22.9 Å². The Morgan fingerprint density at radius 1 is 0.905 bits per heavy atom. The van der Waals surface area contributed by atoms with Crippen LogP contribution in [0.3, 0.4) is 0 Å². The van der Waals surface area contributed by atoms with E-state index in [0.29, 0.717) is 23.3 Å². The molecule has 42 heavy (non-hydrogen) atoms. The minimum atomic E-state index is -2.88. The van der Waals surface area contributed by atoms with Gasteiger partial charge < -0.3 is 13.9 Å². The van der Waals surface area contributed by atoms with Crippen molar-refractivity contribution in [2.75, 3.05) is 13.2 Å². The van der Waals surface area contributed by atoms with Gasteiger partial charge in [-0.3, -0.25) is 4.79 Å². The fourth-order valence-corrected chi connectivity index (χ4v) is 5.07. The maximum absolute atomic E-state index is 14.5. The Balaban J connectivity index is 1.47. The van der Waals surface area contributed by atoms with Gasteiger partial charge in [0.25, 0.3) is 0 Å². The first kappa shape index (κ1) is 33.3. The first-order chi connectivity index (χ1) is 19.6. The van der Waals surface area contributed by atoms with E-state index in [1.54, 1.807) is 18.2 Å². The molecule has 0 saturated carbocycles. The van der Waals surface area contributed by atoms with Gasteiger partial charge in [-0.05, 0) is 65.8 Å². The van der Waals surface area contributed by atoms with Crippen LogP contribution in [0.5, 0.6) is 5.75 Å². The number of halogens is 2. The van der Waals surface area contributed by atoms with E-state index in [1.807, 2.05) is 58.0 Å². The number of aryl methyl sites for hydroxylation is 1. The quantitative estimate of drug-likeness (QED) is 0.114. The minimum absolute atomic E-state index is 0.0182. The highest BCUT2D eigenvalue weighted by Crippen LogP contribution is 2.37. The SMILES string of the molecule is CCc1ccccc1-c1cc2ccc(OCCCC(F)(F)CCCOC(=O)C(CC(C)(C)C)C(C)(C)C)cc2oc1=O. The summed E-state index contributed by atoms with van der Waals surface area (Å²) >= 11 is 0. The molecule has 3 aromatic rings. The Labute approximate surface area is 248 Å². The van der Waals surface area contributed by atoms with Gasteiger partial charge in [0.05, 0.1) is 24.7 Å². The lowest BCUT2D eigenvalue weighted by molar-refractivity contribution is -0.154. The van der Waals surface area contributed by atoms with Gasteiger partial charge in [0.2, 0.25) is 5.92 Å². The van der Waals surface area contributed by atoms with Crippen LogP contribution in [0.2, 0.25) is 0 Å². The minimum Gasteiger partial charge on any atom is -0.493 e. The number of fused-ring (bicyclic) bond motifs is 1. The molecule has 2 aromatic carbocycles. The summed E-state index contributed by atoms with van der Waals surface area (Å²) in [6.07, 6.45) is 1.02. The molecule has 0 amide bonds. The molecule has 0 aliphatic rings. The average molecular weight is 585 g/mol. The van der Waals surface area contributed by atoms with E-state index in [-0.39, 0.29) is 61.6 Å². The summed E-state index contributed by atoms with van der Waals surface area (Å²) in [5, 5.41) is 0.752. The van der Waals surface area contributed by atoms with Gasteiger partial charge in [0.1, 0.15) is 11.3 Å². The van der Waals surface area contributed by atoms with Gasteiger partial charge in [0, 0.05) is 24.3 Å². The average Bonchev–Trinajstić information content (AvgIpc) is 2.90.